The smallest absolute Gasteiger partial charge is 0.261 e. The van der Waals surface area contributed by atoms with Gasteiger partial charge in [0.05, 0.1) is 43.2 Å². The average Bonchev–Trinajstić information content (AvgIpc) is 3.43. The molecule has 8 heteroatoms. The Morgan fingerprint density at radius 3 is 2.70 bits per heavy atom. The van der Waals surface area contributed by atoms with Crippen molar-refractivity contribution in [3.63, 3.8) is 0 Å². The Balaban J connectivity index is 1.52. The molecular formula is C25H28N2O6. The van der Waals surface area contributed by atoms with Gasteiger partial charge in [0.2, 0.25) is 0 Å². The van der Waals surface area contributed by atoms with Crippen molar-refractivity contribution in [1.82, 2.24) is 4.90 Å². The molecule has 1 unspecified atom stereocenters. The number of carbonyl (C=O) groups excluding carboxylic acids is 3. The van der Waals surface area contributed by atoms with Crippen LogP contribution in [0.4, 0.5) is 5.69 Å². The van der Waals surface area contributed by atoms with Crippen molar-refractivity contribution in [2.24, 2.45) is 0 Å². The highest BCUT2D eigenvalue weighted by Crippen LogP contribution is 2.31. The maximum atomic E-state index is 13.0. The Bertz CT molecular complexity index is 1060. The number of hydrogen-bond donors (Lipinski definition) is 1. The number of nitrogens with zero attached hydrogens (tertiary/aromatic N) is 1. The van der Waals surface area contributed by atoms with E-state index in [0.717, 1.165) is 25.7 Å². The van der Waals surface area contributed by atoms with Crippen molar-refractivity contribution in [2.75, 3.05) is 32.2 Å². The predicted molar refractivity (Wildman–Crippen MR) is 122 cm³/mol. The van der Waals surface area contributed by atoms with Crippen LogP contribution < -0.4 is 14.8 Å². The minimum absolute atomic E-state index is 0.130. The fourth-order valence-corrected chi connectivity index (χ4v) is 3.97. The summed E-state index contributed by atoms with van der Waals surface area (Å²) in [6, 6.07) is 9.75. The summed E-state index contributed by atoms with van der Waals surface area (Å²) in [7, 11) is 1.55. The monoisotopic (exact) mass is 452 g/mol. The third-order valence-electron chi connectivity index (χ3n) is 5.83. The lowest BCUT2D eigenvalue weighted by Crippen LogP contribution is -2.36. The van der Waals surface area contributed by atoms with E-state index >= 15 is 0 Å². The van der Waals surface area contributed by atoms with Gasteiger partial charge in [0.1, 0.15) is 11.5 Å². The van der Waals surface area contributed by atoms with E-state index in [2.05, 4.69) is 12.2 Å². The van der Waals surface area contributed by atoms with Crippen molar-refractivity contribution in [3.8, 4) is 11.5 Å². The number of nitrogens with one attached hydrogen (secondary N) is 1. The third-order valence-corrected chi connectivity index (χ3v) is 5.83. The van der Waals surface area contributed by atoms with Crippen LogP contribution in [0.2, 0.25) is 0 Å². The molecule has 33 heavy (non-hydrogen) atoms. The summed E-state index contributed by atoms with van der Waals surface area (Å²) >= 11 is 0. The van der Waals surface area contributed by atoms with Crippen LogP contribution in [0.3, 0.4) is 0 Å². The van der Waals surface area contributed by atoms with Crippen LogP contribution in [0.15, 0.2) is 36.4 Å². The Morgan fingerprint density at radius 2 is 1.97 bits per heavy atom. The van der Waals surface area contributed by atoms with Crippen LogP contribution in [0, 0.1) is 0 Å². The number of anilines is 1. The zero-order valence-electron chi connectivity index (χ0n) is 18.9. The van der Waals surface area contributed by atoms with Crippen molar-refractivity contribution in [2.45, 2.75) is 38.7 Å². The number of unbranched alkanes of at least 4 members (excludes halogenated alkanes) is 1. The van der Waals surface area contributed by atoms with Crippen LogP contribution in [0.1, 0.15) is 63.7 Å². The first-order valence-electron chi connectivity index (χ1n) is 11.3. The third kappa shape index (κ3) is 4.85. The van der Waals surface area contributed by atoms with Gasteiger partial charge in [-0.3, -0.25) is 19.3 Å². The highest BCUT2D eigenvalue weighted by Gasteiger charge is 2.38. The molecule has 1 fully saturated rings. The molecule has 0 aliphatic carbocycles. The molecule has 174 valence electrons. The maximum Gasteiger partial charge on any atom is 0.261 e. The molecular weight excluding hydrogens is 424 g/mol. The summed E-state index contributed by atoms with van der Waals surface area (Å²) in [6.45, 7) is 3.48. The molecule has 1 saturated heterocycles. The highest BCUT2D eigenvalue weighted by molar-refractivity contribution is 6.22. The second kappa shape index (κ2) is 10.0. The molecule has 0 bridgehead atoms. The maximum absolute atomic E-state index is 13.0. The van der Waals surface area contributed by atoms with Crippen LogP contribution in [-0.4, -0.2) is 55.6 Å². The van der Waals surface area contributed by atoms with E-state index in [1.165, 1.54) is 17.0 Å². The zero-order valence-corrected chi connectivity index (χ0v) is 18.9. The Morgan fingerprint density at radius 1 is 1.15 bits per heavy atom. The topological polar surface area (TPSA) is 94.2 Å². The van der Waals surface area contributed by atoms with Gasteiger partial charge in [0.25, 0.3) is 17.7 Å². The van der Waals surface area contributed by atoms with E-state index in [-0.39, 0.29) is 29.7 Å². The SMILES string of the molecule is CCCCOc1ccc(OC)cc1NC(=O)c1ccc2c(c1)C(=O)N(CC1CCCO1)C2=O. The summed E-state index contributed by atoms with van der Waals surface area (Å²) in [4.78, 5) is 39.8. The van der Waals surface area contributed by atoms with Gasteiger partial charge in [-0.05, 0) is 49.6 Å². The van der Waals surface area contributed by atoms with E-state index in [4.69, 9.17) is 14.2 Å². The van der Waals surface area contributed by atoms with Crippen molar-refractivity contribution < 1.29 is 28.6 Å². The van der Waals surface area contributed by atoms with Gasteiger partial charge in [0, 0.05) is 18.2 Å². The van der Waals surface area contributed by atoms with E-state index in [1.807, 2.05) is 0 Å². The van der Waals surface area contributed by atoms with E-state index in [9.17, 15) is 14.4 Å². The molecule has 1 atom stereocenters. The average molecular weight is 453 g/mol. The molecule has 0 spiro atoms. The summed E-state index contributed by atoms with van der Waals surface area (Å²) in [5.74, 6) is -0.0494. The second-order valence-corrected chi connectivity index (χ2v) is 8.13. The standard InChI is InChI=1S/C25H28N2O6/c1-3-4-11-33-22-10-8-17(31-2)14-21(22)26-23(28)16-7-9-19-20(13-16)25(30)27(24(19)29)15-18-6-5-12-32-18/h7-10,13-14,18H,3-6,11-12,15H2,1-2H3,(H,26,28). The molecule has 2 aliphatic heterocycles. The molecule has 4 rings (SSSR count). The first-order chi connectivity index (χ1) is 16.0. The number of carbonyl (C=O) groups is 3. The summed E-state index contributed by atoms with van der Waals surface area (Å²) in [5.41, 5.74) is 1.28. The van der Waals surface area contributed by atoms with Crippen LogP contribution in [0.25, 0.3) is 0 Å². The van der Waals surface area contributed by atoms with Crippen LogP contribution in [-0.2, 0) is 4.74 Å². The molecule has 0 aromatic heterocycles. The number of hydrogen-bond acceptors (Lipinski definition) is 6. The number of amides is 3. The quantitative estimate of drug-likeness (QED) is 0.458. The summed E-state index contributed by atoms with van der Waals surface area (Å²) in [6.07, 6.45) is 3.50. The summed E-state index contributed by atoms with van der Waals surface area (Å²) in [5, 5.41) is 2.84. The number of benzene rings is 2. The first kappa shape index (κ1) is 22.8. The molecule has 1 N–H and O–H groups in total. The minimum Gasteiger partial charge on any atom is -0.497 e. The van der Waals surface area contributed by atoms with E-state index < -0.39 is 11.8 Å². The molecule has 2 aromatic carbocycles. The Hall–Kier alpha value is -3.39. The van der Waals surface area contributed by atoms with Gasteiger partial charge >= 0.3 is 0 Å². The number of fused-ring (bicyclic) bond motifs is 1. The fraction of sp³-hybridized carbons (Fsp3) is 0.400. The molecule has 2 aliphatic rings. The molecule has 8 nitrogen and oxygen atoms in total. The summed E-state index contributed by atoms with van der Waals surface area (Å²) < 4.78 is 16.7. The van der Waals surface area contributed by atoms with Crippen LogP contribution >= 0.6 is 0 Å². The molecule has 2 aromatic rings. The van der Waals surface area contributed by atoms with Crippen molar-refractivity contribution >= 4 is 23.4 Å². The van der Waals surface area contributed by atoms with Gasteiger partial charge in [0.15, 0.2) is 0 Å². The van der Waals surface area contributed by atoms with Crippen LogP contribution in [0.5, 0.6) is 11.5 Å². The molecule has 3 amide bonds. The molecule has 0 radical (unpaired) electrons. The minimum atomic E-state index is -0.413. The van der Waals surface area contributed by atoms with Gasteiger partial charge in [-0.25, -0.2) is 0 Å². The Labute approximate surface area is 192 Å². The van der Waals surface area contributed by atoms with Crippen molar-refractivity contribution in [1.29, 1.82) is 0 Å². The lowest BCUT2D eigenvalue weighted by molar-refractivity contribution is 0.0475. The van der Waals surface area contributed by atoms with E-state index in [1.54, 1.807) is 31.4 Å². The second-order valence-electron chi connectivity index (χ2n) is 8.13. The largest absolute Gasteiger partial charge is 0.497 e. The zero-order chi connectivity index (χ0) is 23.4. The van der Waals surface area contributed by atoms with Crippen molar-refractivity contribution in [3.05, 3.63) is 53.1 Å². The number of rotatable bonds is 9. The Kier molecular flexibility index (Phi) is 6.93. The van der Waals surface area contributed by atoms with Gasteiger partial charge < -0.3 is 19.5 Å². The lowest BCUT2D eigenvalue weighted by atomic mass is 10.1. The molecule has 2 heterocycles. The fourth-order valence-electron chi connectivity index (χ4n) is 3.97. The number of imide groups is 1. The highest BCUT2D eigenvalue weighted by atomic mass is 16.5. The number of ether oxygens (including phenoxy) is 3. The van der Waals surface area contributed by atoms with E-state index in [0.29, 0.717) is 36.0 Å². The lowest BCUT2D eigenvalue weighted by Gasteiger charge is -2.17. The van der Waals surface area contributed by atoms with Gasteiger partial charge in [-0.15, -0.1) is 0 Å². The first-order valence-corrected chi connectivity index (χ1v) is 11.3. The number of methoxy groups -OCH3 is 1. The van der Waals surface area contributed by atoms with Gasteiger partial charge in [-0.2, -0.15) is 0 Å². The predicted octanol–water partition coefficient (Wildman–Crippen LogP) is 3.90. The molecule has 0 saturated carbocycles. The normalized spacial score (nSPS) is 17.3. The van der Waals surface area contributed by atoms with Gasteiger partial charge in [-0.1, -0.05) is 13.3 Å².